The lowest BCUT2D eigenvalue weighted by atomic mass is 10.1. The van der Waals surface area contributed by atoms with Gasteiger partial charge in [-0.3, -0.25) is 4.57 Å². The number of aromatic nitrogens is 3. The number of pyridine rings is 1. The number of benzene rings is 2. The summed E-state index contributed by atoms with van der Waals surface area (Å²) in [4.78, 5) is 9.22. The summed E-state index contributed by atoms with van der Waals surface area (Å²) >= 11 is 7.53. The number of rotatable bonds is 3. The third-order valence-electron chi connectivity index (χ3n) is 3.81. The zero-order valence-corrected chi connectivity index (χ0v) is 14.6. The molecule has 0 aliphatic rings. The number of nitrogens with zero attached hydrogens (tertiary/aromatic N) is 3. The summed E-state index contributed by atoms with van der Waals surface area (Å²) in [5.41, 5.74) is 3.24. The zero-order chi connectivity index (χ0) is 16.5. The molecule has 4 aromatic rings. The number of halogens is 1. The van der Waals surface area contributed by atoms with Gasteiger partial charge in [-0.05, 0) is 60.6 Å². The second-order valence-corrected chi connectivity index (χ2v) is 6.88. The summed E-state index contributed by atoms with van der Waals surface area (Å²) in [5, 5.41) is 3.72. The van der Waals surface area contributed by atoms with Gasteiger partial charge in [0.15, 0.2) is 5.16 Å². The van der Waals surface area contributed by atoms with Gasteiger partial charge in [0.25, 0.3) is 0 Å². The second kappa shape index (κ2) is 6.30. The predicted molar refractivity (Wildman–Crippen MR) is 99.2 cm³/mol. The molecule has 0 aliphatic heterocycles. The minimum Gasteiger partial charge on any atom is -0.295 e. The third-order valence-corrected chi connectivity index (χ3v) is 4.96. The van der Waals surface area contributed by atoms with E-state index >= 15 is 0 Å². The van der Waals surface area contributed by atoms with Crippen LogP contribution in [-0.2, 0) is 0 Å². The van der Waals surface area contributed by atoms with E-state index in [2.05, 4.69) is 24.0 Å². The van der Waals surface area contributed by atoms with Gasteiger partial charge in [-0.2, -0.15) is 0 Å². The summed E-state index contributed by atoms with van der Waals surface area (Å²) in [6.07, 6.45) is 3.74. The normalized spacial score (nSPS) is 11.1. The Labute approximate surface area is 149 Å². The maximum Gasteiger partial charge on any atom is 0.178 e. The highest BCUT2D eigenvalue weighted by molar-refractivity contribution is 7.99. The highest BCUT2D eigenvalue weighted by Gasteiger charge is 2.10. The molecule has 4 rings (SSSR count). The molecule has 0 radical (unpaired) electrons. The molecule has 0 amide bonds. The Hall–Kier alpha value is -2.30. The summed E-state index contributed by atoms with van der Waals surface area (Å²) in [5.74, 6) is 0. The van der Waals surface area contributed by atoms with Crippen molar-refractivity contribution in [3.63, 3.8) is 0 Å². The van der Waals surface area contributed by atoms with Crippen molar-refractivity contribution in [1.82, 2.24) is 14.5 Å². The van der Waals surface area contributed by atoms with Gasteiger partial charge in [0, 0.05) is 28.5 Å². The Balaban J connectivity index is 1.72. The molecule has 2 heterocycles. The number of fused-ring (bicyclic) bond motifs is 1. The van der Waals surface area contributed by atoms with Crippen LogP contribution in [0.2, 0.25) is 5.02 Å². The summed E-state index contributed by atoms with van der Waals surface area (Å²) in [6.45, 7) is 2.11. The van der Waals surface area contributed by atoms with Crippen LogP contribution in [0.15, 0.2) is 77.2 Å². The van der Waals surface area contributed by atoms with E-state index in [0.717, 1.165) is 26.4 Å². The van der Waals surface area contributed by atoms with Crippen LogP contribution in [0.1, 0.15) is 5.56 Å². The topological polar surface area (TPSA) is 30.7 Å². The second-order valence-electron chi connectivity index (χ2n) is 5.45. The average Bonchev–Trinajstić information content (AvgIpc) is 3.04. The maximum atomic E-state index is 5.98. The van der Waals surface area contributed by atoms with Crippen LogP contribution < -0.4 is 0 Å². The minimum atomic E-state index is 0.722. The molecule has 0 N–H and O–H groups in total. The van der Waals surface area contributed by atoms with Crippen molar-refractivity contribution in [2.75, 3.05) is 0 Å². The van der Waals surface area contributed by atoms with Crippen molar-refractivity contribution >= 4 is 34.3 Å². The molecule has 0 spiro atoms. The van der Waals surface area contributed by atoms with Gasteiger partial charge >= 0.3 is 0 Å². The van der Waals surface area contributed by atoms with Crippen LogP contribution in [-0.4, -0.2) is 14.5 Å². The largest absolute Gasteiger partial charge is 0.295 e. The molecule has 0 fully saturated rings. The number of imidazole rings is 1. The Morgan fingerprint density at radius 3 is 2.67 bits per heavy atom. The van der Waals surface area contributed by atoms with E-state index < -0.39 is 0 Å². The van der Waals surface area contributed by atoms with E-state index in [1.165, 1.54) is 10.9 Å². The summed E-state index contributed by atoms with van der Waals surface area (Å²) in [6, 6.07) is 18.0. The first-order valence-electron chi connectivity index (χ1n) is 7.54. The van der Waals surface area contributed by atoms with Crippen molar-refractivity contribution in [1.29, 1.82) is 0 Å². The highest BCUT2D eigenvalue weighted by Crippen LogP contribution is 2.30. The monoisotopic (exact) mass is 351 g/mol. The molecule has 0 aliphatic carbocycles. The molecule has 0 saturated heterocycles. The van der Waals surface area contributed by atoms with E-state index in [4.69, 9.17) is 16.6 Å². The molecule has 24 heavy (non-hydrogen) atoms. The molecule has 0 unspecified atom stereocenters. The van der Waals surface area contributed by atoms with E-state index in [1.54, 1.807) is 18.0 Å². The van der Waals surface area contributed by atoms with Crippen molar-refractivity contribution in [2.45, 2.75) is 17.1 Å². The standard InChI is InChI=1S/C19H14ClN3S/c1-13-12-18(22-17-5-3-2-4-16(13)17)24-19-21-10-11-23(19)15-8-6-14(20)7-9-15/h2-12H,1H3. The molecular weight excluding hydrogens is 338 g/mol. The van der Waals surface area contributed by atoms with E-state index in [9.17, 15) is 0 Å². The average molecular weight is 352 g/mol. The lowest BCUT2D eigenvalue weighted by molar-refractivity contribution is 0.892. The first-order chi connectivity index (χ1) is 11.7. The Kier molecular flexibility index (Phi) is 4.00. The van der Waals surface area contributed by atoms with Gasteiger partial charge < -0.3 is 0 Å². The van der Waals surface area contributed by atoms with Gasteiger partial charge in [-0.1, -0.05) is 29.8 Å². The minimum absolute atomic E-state index is 0.722. The Morgan fingerprint density at radius 2 is 1.83 bits per heavy atom. The number of hydrogen-bond acceptors (Lipinski definition) is 3. The molecular formula is C19H14ClN3S. The molecule has 2 aromatic heterocycles. The molecule has 5 heteroatoms. The molecule has 2 aromatic carbocycles. The van der Waals surface area contributed by atoms with E-state index in [0.29, 0.717) is 0 Å². The van der Waals surface area contributed by atoms with Crippen molar-refractivity contribution in [3.05, 3.63) is 77.6 Å². The lowest BCUT2D eigenvalue weighted by Gasteiger charge is -2.09. The van der Waals surface area contributed by atoms with Crippen LogP contribution in [0.25, 0.3) is 16.6 Å². The predicted octanol–water partition coefficient (Wildman–Crippen LogP) is 5.53. The third kappa shape index (κ3) is 2.90. The van der Waals surface area contributed by atoms with Crippen molar-refractivity contribution in [3.8, 4) is 5.69 Å². The van der Waals surface area contributed by atoms with Crippen molar-refractivity contribution in [2.24, 2.45) is 0 Å². The lowest BCUT2D eigenvalue weighted by Crippen LogP contribution is -1.95. The van der Waals surface area contributed by atoms with Crippen LogP contribution in [0.5, 0.6) is 0 Å². The summed E-state index contributed by atoms with van der Waals surface area (Å²) in [7, 11) is 0. The van der Waals surface area contributed by atoms with Crippen molar-refractivity contribution < 1.29 is 0 Å². The van der Waals surface area contributed by atoms with Crippen LogP contribution in [0.3, 0.4) is 0 Å². The van der Waals surface area contributed by atoms with Crippen LogP contribution in [0.4, 0.5) is 0 Å². The van der Waals surface area contributed by atoms with Gasteiger partial charge in [0.1, 0.15) is 5.03 Å². The fourth-order valence-corrected chi connectivity index (χ4v) is 3.70. The number of aryl methyl sites for hydroxylation is 1. The number of para-hydroxylation sites is 1. The first-order valence-corrected chi connectivity index (χ1v) is 8.74. The van der Waals surface area contributed by atoms with E-state index in [-0.39, 0.29) is 0 Å². The van der Waals surface area contributed by atoms with Gasteiger partial charge in [0.05, 0.1) is 5.52 Å². The van der Waals surface area contributed by atoms with Crippen LogP contribution >= 0.6 is 23.4 Å². The Morgan fingerprint density at radius 1 is 1.04 bits per heavy atom. The molecule has 0 atom stereocenters. The SMILES string of the molecule is Cc1cc(Sc2nccn2-c2ccc(Cl)cc2)nc2ccccc12. The zero-order valence-electron chi connectivity index (χ0n) is 13.0. The van der Waals surface area contributed by atoms with Gasteiger partial charge in [-0.25, -0.2) is 9.97 Å². The Bertz CT molecular complexity index is 1010. The van der Waals surface area contributed by atoms with Gasteiger partial charge in [-0.15, -0.1) is 0 Å². The van der Waals surface area contributed by atoms with Crippen LogP contribution in [0, 0.1) is 6.92 Å². The molecule has 3 nitrogen and oxygen atoms in total. The maximum absolute atomic E-state index is 5.98. The summed E-state index contributed by atoms with van der Waals surface area (Å²) < 4.78 is 2.03. The molecule has 118 valence electrons. The molecule has 0 saturated carbocycles. The quantitative estimate of drug-likeness (QED) is 0.486. The highest BCUT2D eigenvalue weighted by atomic mass is 35.5. The number of hydrogen-bond donors (Lipinski definition) is 0. The fourth-order valence-electron chi connectivity index (χ4n) is 2.63. The van der Waals surface area contributed by atoms with E-state index in [1.807, 2.05) is 53.2 Å². The molecule has 0 bridgehead atoms. The smallest absolute Gasteiger partial charge is 0.178 e. The first kappa shape index (κ1) is 15.2. The van der Waals surface area contributed by atoms with Gasteiger partial charge in [0.2, 0.25) is 0 Å². The fraction of sp³-hybridized carbons (Fsp3) is 0.0526.